The zero-order chi connectivity index (χ0) is 14.9. The first-order chi connectivity index (χ1) is 9.37. The summed E-state index contributed by atoms with van der Waals surface area (Å²) >= 11 is 0. The number of carbonyl (C=O) groups excluding carboxylic acids is 2. The quantitative estimate of drug-likeness (QED) is 0.589. The van der Waals surface area contributed by atoms with Crippen LogP contribution in [0.25, 0.3) is 0 Å². The minimum atomic E-state index is -0.877. The van der Waals surface area contributed by atoms with Crippen LogP contribution in [0.1, 0.15) is 24.3 Å². The van der Waals surface area contributed by atoms with E-state index in [1.165, 1.54) is 0 Å². The predicted octanol–water partition coefficient (Wildman–Crippen LogP) is 0.0600. The van der Waals surface area contributed by atoms with E-state index in [-0.39, 0.29) is 17.5 Å². The van der Waals surface area contributed by atoms with E-state index in [9.17, 15) is 9.59 Å². The molecule has 7 nitrogen and oxygen atoms in total. The molecule has 0 atom stereocenters. The van der Waals surface area contributed by atoms with Crippen LogP contribution in [0.5, 0.6) is 0 Å². The third-order valence-electron chi connectivity index (χ3n) is 3.57. The molecule has 0 spiro atoms. The molecule has 1 saturated heterocycles. The molecule has 108 valence electrons. The van der Waals surface area contributed by atoms with Gasteiger partial charge in [0, 0.05) is 20.1 Å². The number of likely N-dealkylation sites (N-methyl/N-ethyl adjacent to an activating group) is 1. The van der Waals surface area contributed by atoms with Crippen LogP contribution in [0.15, 0.2) is 18.2 Å². The first kappa shape index (κ1) is 14.3. The number of carbonyl (C=O) groups is 2. The summed E-state index contributed by atoms with van der Waals surface area (Å²) in [6, 6.07) is 4.97. The number of nitrogens with zero attached hydrogens (tertiary/aromatic N) is 3. The highest BCUT2D eigenvalue weighted by atomic mass is 16.2. The second-order valence-electron chi connectivity index (χ2n) is 5.29. The summed E-state index contributed by atoms with van der Waals surface area (Å²) in [4.78, 5) is 32.1. The van der Waals surface area contributed by atoms with Gasteiger partial charge >= 0.3 is 0 Å². The van der Waals surface area contributed by atoms with Crippen molar-refractivity contribution in [3.63, 3.8) is 0 Å². The minimum Gasteiger partial charge on any atom is -0.342 e. The molecule has 1 aromatic heterocycles. The molecule has 0 aliphatic carbocycles. The predicted molar refractivity (Wildman–Crippen MR) is 74.8 cm³/mol. The summed E-state index contributed by atoms with van der Waals surface area (Å²) in [5.74, 6) is 5.36. The maximum atomic E-state index is 12.6. The number of hydrogen-bond acceptors (Lipinski definition) is 5. The Labute approximate surface area is 117 Å². The molecular formula is C13H19N5O2. The Balaban J connectivity index is 2.30. The van der Waals surface area contributed by atoms with Crippen LogP contribution in [0.3, 0.4) is 0 Å². The van der Waals surface area contributed by atoms with E-state index in [1.807, 2.05) is 0 Å². The Kier molecular flexibility index (Phi) is 3.63. The van der Waals surface area contributed by atoms with E-state index in [4.69, 9.17) is 5.84 Å². The molecule has 2 amide bonds. The van der Waals surface area contributed by atoms with E-state index < -0.39 is 5.54 Å². The van der Waals surface area contributed by atoms with Gasteiger partial charge in [-0.1, -0.05) is 6.07 Å². The van der Waals surface area contributed by atoms with Crippen molar-refractivity contribution in [2.75, 3.05) is 25.6 Å². The van der Waals surface area contributed by atoms with Gasteiger partial charge in [-0.05, 0) is 26.0 Å². The SMILES string of the molecule is CN1CCN(C(=O)c2cccc(NN)n2)C(C)(C)C1=O. The third-order valence-corrected chi connectivity index (χ3v) is 3.57. The Morgan fingerprint density at radius 1 is 1.40 bits per heavy atom. The van der Waals surface area contributed by atoms with Crippen molar-refractivity contribution in [2.45, 2.75) is 19.4 Å². The van der Waals surface area contributed by atoms with Gasteiger partial charge in [-0.25, -0.2) is 10.8 Å². The van der Waals surface area contributed by atoms with Gasteiger partial charge in [-0.15, -0.1) is 0 Å². The summed E-state index contributed by atoms with van der Waals surface area (Å²) in [6.07, 6.45) is 0. The lowest BCUT2D eigenvalue weighted by atomic mass is 9.97. The van der Waals surface area contributed by atoms with Crippen LogP contribution in [-0.4, -0.2) is 52.3 Å². The van der Waals surface area contributed by atoms with E-state index in [0.29, 0.717) is 18.9 Å². The van der Waals surface area contributed by atoms with E-state index in [1.54, 1.807) is 48.9 Å². The fourth-order valence-corrected chi connectivity index (χ4v) is 2.34. The van der Waals surface area contributed by atoms with Gasteiger partial charge in [-0.2, -0.15) is 0 Å². The van der Waals surface area contributed by atoms with Crippen LogP contribution in [0.2, 0.25) is 0 Å². The van der Waals surface area contributed by atoms with Crippen LogP contribution in [0.4, 0.5) is 5.82 Å². The number of hydrogen-bond donors (Lipinski definition) is 2. The number of rotatable bonds is 2. The molecule has 20 heavy (non-hydrogen) atoms. The second-order valence-corrected chi connectivity index (χ2v) is 5.29. The zero-order valence-electron chi connectivity index (χ0n) is 11.9. The van der Waals surface area contributed by atoms with Gasteiger partial charge < -0.3 is 15.2 Å². The van der Waals surface area contributed by atoms with Crippen molar-refractivity contribution in [2.24, 2.45) is 5.84 Å². The Hall–Kier alpha value is -2.15. The smallest absolute Gasteiger partial charge is 0.273 e. The second kappa shape index (κ2) is 5.09. The molecule has 1 aromatic rings. The lowest BCUT2D eigenvalue weighted by Crippen LogP contribution is -2.63. The highest BCUT2D eigenvalue weighted by Gasteiger charge is 2.43. The zero-order valence-corrected chi connectivity index (χ0v) is 11.9. The van der Waals surface area contributed by atoms with Gasteiger partial charge in [0.25, 0.3) is 5.91 Å². The summed E-state index contributed by atoms with van der Waals surface area (Å²) in [6.45, 7) is 4.49. The van der Waals surface area contributed by atoms with Crippen LogP contribution < -0.4 is 11.3 Å². The lowest BCUT2D eigenvalue weighted by Gasteiger charge is -2.44. The van der Waals surface area contributed by atoms with Crippen molar-refractivity contribution < 1.29 is 9.59 Å². The van der Waals surface area contributed by atoms with Gasteiger partial charge in [0.1, 0.15) is 17.1 Å². The maximum Gasteiger partial charge on any atom is 0.273 e. The summed E-state index contributed by atoms with van der Waals surface area (Å²) in [5, 5.41) is 0. The molecule has 0 radical (unpaired) electrons. The number of anilines is 1. The summed E-state index contributed by atoms with van der Waals surface area (Å²) < 4.78 is 0. The standard InChI is InChI=1S/C13H19N5O2/c1-13(2)12(20)17(3)7-8-18(13)11(19)9-5-4-6-10(15-9)16-14/h4-6H,7-8,14H2,1-3H3,(H,15,16). The minimum absolute atomic E-state index is 0.0785. The first-order valence-electron chi connectivity index (χ1n) is 6.39. The average molecular weight is 277 g/mol. The molecule has 1 aliphatic rings. The van der Waals surface area contributed by atoms with Crippen molar-refractivity contribution >= 4 is 17.6 Å². The Morgan fingerprint density at radius 2 is 2.10 bits per heavy atom. The van der Waals surface area contributed by atoms with Gasteiger partial charge in [0.05, 0.1) is 0 Å². The highest BCUT2D eigenvalue weighted by Crippen LogP contribution is 2.23. The topological polar surface area (TPSA) is 91.6 Å². The molecule has 7 heteroatoms. The number of hydrazine groups is 1. The largest absolute Gasteiger partial charge is 0.342 e. The van der Waals surface area contributed by atoms with Gasteiger partial charge in [0.2, 0.25) is 5.91 Å². The number of nitrogens with two attached hydrogens (primary N) is 1. The molecule has 0 aromatic carbocycles. The normalized spacial score (nSPS) is 18.1. The molecule has 1 aliphatic heterocycles. The maximum absolute atomic E-state index is 12.6. The number of amides is 2. The van der Waals surface area contributed by atoms with Crippen LogP contribution >= 0.6 is 0 Å². The van der Waals surface area contributed by atoms with E-state index >= 15 is 0 Å². The molecule has 2 rings (SSSR count). The number of nitrogen functional groups attached to an aromatic ring is 1. The molecule has 2 heterocycles. The third kappa shape index (κ3) is 2.32. The highest BCUT2D eigenvalue weighted by molar-refractivity contribution is 5.98. The number of aromatic nitrogens is 1. The first-order valence-corrected chi connectivity index (χ1v) is 6.39. The fraction of sp³-hybridized carbons (Fsp3) is 0.462. The number of pyridine rings is 1. The van der Waals surface area contributed by atoms with Crippen LogP contribution in [0, 0.1) is 0 Å². The average Bonchev–Trinajstić information content (AvgIpc) is 2.44. The lowest BCUT2D eigenvalue weighted by molar-refractivity contribution is -0.144. The molecule has 0 bridgehead atoms. The Morgan fingerprint density at radius 3 is 2.75 bits per heavy atom. The monoisotopic (exact) mass is 277 g/mol. The Bertz CT molecular complexity index is 543. The van der Waals surface area contributed by atoms with E-state index in [0.717, 1.165) is 0 Å². The summed E-state index contributed by atoms with van der Waals surface area (Å²) in [5.41, 5.74) is 1.80. The summed E-state index contributed by atoms with van der Waals surface area (Å²) in [7, 11) is 1.74. The molecule has 0 unspecified atom stereocenters. The molecule has 1 fully saturated rings. The fourth-order valence-electron chi connectivity index (χ4n) is 2.34. The van der Waals surface area contributed by atoms with Crippen molar-refractivity contribution in [1.29, 1.82) is 0 Å². The van der Waals surface area contributed by atoms with Crippen molar-refractivity contribution in [3.8, 4) is 0 Å². The molecular weight excluding hydrogens is 258 g/mol. The van der Waals surface area contributed by atoms with E-state index in [2.05, 4.69) is 10.4 Å². The van der Waals surface area contributed by atoms with Gasteiger partial charge in [-0.3, -0.25) is 9.59 Å². The number of piperazine rings is 1. The van der Waals surface area contributed by atoms with Crippen LogP contribution in [-0.2, 0) is 4.79 Å². The van der Waals surface area contributed by atoms with Crippen molar-refractivity contribution in [3.05, 3.63) is 23.9 Å². The molecule has 0 saturated carbocycles. The van der Waals surface area contributed by atoms with Gasteiger partial charge in [0.15, 0.2) is 0 Å². The molecule has 3 N–H and O–H groups in total. The van der Waals surface area contributed by atoms with Crippen molar-refractivity contribution in [1.82, 2.24) is 14.8 Å². The number of nitrogens with one attached hydrogen (secondary N) is 1.